The van der Waals surface area contributed by atoms with Crippen LogP contribution in [-0.2, 0) is 4.79 Å². The molecule has 3 aromatic rings. The molecule has 1 radical (unpaired) electrons. The topological polar surface area (TPSA) is 61.4 Å². The first kappa shape index (κ1) is 20.7. The second kappa shape index (κ2) is 9.47. The van der Waals surface area contributed by atoms with E-state index in [9.17, 15) is 4.79 Å². The molecule has 0 bridgehead atoms. The van der Waals surface area contributed by atoms with E-state index in [1.807, 2.05) is 73.6 Å². The number of anilines is 3. The van der Waals surface area contributed by atoms with Crippen LogP contribution in [0.1, 0.15) is 18.7 Å². The highest BCUT2D eigenvalue weighted by Crippen LogP contribution is 2.28. The van der Waals surface area contributed by atoms with Gasteiger partial charge < -0.3 is 19.8 Å². The van der Waals surface area contributed by atoms with Crippen LogP contribution in [0.2, 0.25) is 0 Å². The van der Waals surface area contributed by atoms with E-state index in [1.165, 1.54) is 0 Å². The Hall–Kier alpha value is -3.61. The minimum Gasteiger partial charge on any atom is -0.418 e. The van der Waals surface area contributed by atoms with Gasteiger partial charge in [0.05, 0.1) is 5.69 Å². The van der Waals surface area contributed by atoms with E-state index in [4.69, 9.17) is 9.97 Å². The zero-order valence-corrected chi connectivity index (χ0v) is 17.8. The summed E-state index contributed by atoms with van der Waals surface area (Å²) in [5.41, 5.74) is 5.01. The number of aromatic nitrogens is 2. The molecular formula is C24H25BN5O. The van der Waals surface area contributed by atoms with Crippen LogP contribution < -0.4 is 10.2 Å². The smallest absolute Gasteiger partial charge is 0.328 e. The van der Waals surface area contributed by atoms with Crippen molar-refractivity contribution in [1.82, 2.24) is 14.8 Å². The summed E-state index contributed by atoms with van der Waals surface area (Å²) in [5.74, 6) is 1.41. The van der Waals surface area contributed by atoms with Crippen LogP contribution in [0.15, 0.2) is 66.9 Å². The van der Waals surface area contributed by atoms with Crippen molar-refractivity contribution in [3.05, 3.63) is 72.7 Å². The highest BCUT2D eigenvalue weighted by molar-refractivity contribution is 6.64. The highest BCUT2D eigenvalue weighted by Gasteiger charge is 2.16. The lowest BCUT2D eigenvalue weighted by atomic mass is 9.91. The van der Waals surface area contributed by atoms with Gasteiger partial charge in [-0.3, -0.25) is 0 Å². The largest absolute Gasteiger partial charge is 0.418 e. The molecular weight excluding hydrogens is 385 g/mol. The molecule has 0 fully saturated rings. The van der Waals surface area contributed by atoms with Gasteiger partial charge in [0.2, 0.25) is 0 Å². The number of allylic oxidation sites excluding steroid dienone is 1. The Morgan fingerprint density at radius 3 is 2.55 bits per heavy atom. The molecule has 0 unspecified atom stereocenters. The molecule has 4 rings (SSSR count). The average Bonchev–Trinajstić information content (AvgIpc) is 2.80. The molecule has 31 heavy (non-hydrogen) atoms. The molecule has 6 nitrogen and oxygen atoms in total. The van der Waals surface area contributed by atoms with E-state index in [-0.39, 0.29) is 0 Å². The average molecular weight is 410 g/mol. The minimum absolute atomic E-state index is 0.678. The van der Waals surface area contributed by atoms with E-state index < -0.39 is 0 Å². The van der Waals surface area contributed by atoms with Crippen molar-refractivity contribution in [3.8, 4) is 11.3 Å². The Kier molecular flexibility index (Phi) is 6.31. The Morgan fingerprint density at radius 2 is 1.84 bits per heavy atom. The summed E-state index contributed by atoms with van der Waals surface area (Å²) < 4.78 is 0. The third-order valence-electron chi connectivity index (χ3n) is 5.18. The zero-order valence-electron chi connectivity index (χ0n) is 17.8. The number of carbonyl (C=O) groups is 1. The fraction of sp³-hybridized carbons (Fsp3) is 0.208. The first-order chi connectivity index (χ1) is 15.1. The van der Waals surface area contributed by atoms with Crippen molar-refractivity contribution in [2.75, 3.05) is 30.9 Å². The van der Waals surface area contributed by atoms with E-state index in [0.29, 0.717) is 5.82 Å². The van der Waals surface area contributed by atoms with Crippen LogP contribution in [0.25, 0.3) is 16.8 Å². The van der Waals surface area contributed by atoms with Crippen molar-refractivity contribution < 1.29 is 4.79 Å². The van der Waals surface area contributed by atoms with Gasteiger partial charge >= 0.3 is 7.41 Å². The van der Waals surface area contributed by atoms with Crippen molar-refractivity contribution in [1.29, 1.82) is 0 Å². The summed E-state index contributed by atoms with van der Waals surface area (Å²) in [6, 6.07) is 20.3. The molecule has 0 saturated carbocycles. The van der Waals surface area contributed by atoms with Gasteiger partial charge in [-0.05, 0) is 43.3 Å². The quantitative estimate of drug-likeness (QED) is 0.466. The molecule has 2 heterocycles. The van der Waals surface area contributed by atoms with E-state index in [0.717, 1.165) is 59.6 Å². The van der Waals surface area contributed by atoms with Crippen LogP contribution >= 0.6 is 0 Å². The van der Waals surface area contributed by atoms with Crippen LogP contribution in [0.3, 0.4) is 0 Å². The normalized spacial score (nSPS) is 13.4. The fourth-order valence-corrected chi connectivity index (χ4v) is 3.55. The molecule has 2 aromatic carbocycles. The number of benzene rings is 2. The molecule has 0 saturated heterocycles. The van der Waals surface area contributed by atoms with Crippen molar-refractivity contribution in [2.24, 2.45) is 0 Å². The molecule has 1 aromatic heterocycles. The standard InChI is InChI=1S/C24H25BN5O/c1-29(2)21-12-10-20(11-13-21)26-23-15-22(18-7-4-3-5-8-18)27-24(28-23)19-9-6-14-30(16-19)25-17-31/h3-5,7-8,10-13,15-17H,6,9,14H2,1-2H3,(H,26,27,28). The Labute approximate surface area is 183 Å². The first-order valence-corrected chi connectivity index (χ1v) is 10.4. The molecule has 0 spiro atoms. The molecule has 1 aliphatic rings. The summed E-state index contributed by atoms with van der Waals surface area (Å²) in [4.78, 5) is 24.5. The summed E-state index contributed by atoms with van der Waals surface area (Å²) in [5, 5.41) is 3.42. The lowest BCUT2D eigenvalue weighted by Crippen LogP contribution is -2.27. The number of carbonyl (C=O) groups excluding carboxylic acids is 1. The van der Waals surface area contributed by atoms with Crippen molar-refractivity contribution >= 4 is 36.4 Å². The number of nitrogens with one attached hydrogen (secondary N) is 1. The van der Waals surface area contributed by atoms with E-state index >= 15 is 0 Å². The molecule has 7 heteroatoms. The summed E-state index contributed by atoms with van der Waals surface area (Å²) in [7, 11) is 5.59. The predicted molar refractivity (Wildman–Crippen MR) is 128 cm³/mol. The molecule has 1 aliphatic heterocycles. The Balaban J connectivity index is 1.70. The second-order valence-corrected chi connectivity index (χ2v) is 7.68. The Morgan fingerprint density at radius 1 is 1.06 bits per heavy atom. The van der Waals surface area contributed by atoms with Gasteiger partial charge in [0, 0.05) is 49.2 Å². The number of hydrogen-bond donors (Lipinski definition) is 1. The lowest BCUT2D eigenvalue weighted by molar-refractivity contribution is 0.534. The first-order valence-electron chi connectivity index (χ1n) is 10.4. The monoisotopic (exact) mass is 410 g/mol. The third-order valence-corrected chi connectivity index (χ3v) is 5.18. The maximum absolute atomic E-state index is 10.9. The van der Waals surface area contributed by atoms with Crippen LogP contribution in [0.4, 0.5) is 17.2 Å². The predicted octanol–water partition coefficient (Wildman–Crippen LogP) is 4.20. The van der Waals surface area contributed by atoms with Gasteiger partial charge in [-0.2, -0.15) is 0 Å². The van der Waals surface area contributed by atoms with Gasteiger partial charge in [-0.15, -0.1) is 0 Å². The molecule has 155 valence electrons. The summed E-state index contributed by atoms with van der Waals surface area (Å²) in [6.07, 6.45) is 4.60. The van der Waals surface area contributed by atoms with Gasteiger partial charge in [-0.25, -0.2) is 9.97 Å². The van der Waals surface area contributed by atoms with E-state index in [1.54, 1.807) is 7.41 Å². The molecule has 0 aliphatic carbocycles. The third kappa shape index (κ3) is 5.12. The zero-order chi connectivity index (χ0) is 21.6. The Bertz CT molecular complexity index is 1070. The summed E-state index contributed by atoms with van der Waals surface area (Å²) in [6.45, 7) is 0.823. The lowest BCUT2D eigenvalue weighted by Gasteiger charge is -2.24. The summed E-state index contributed by atoms with van der Waals surface area (Å²) >= 11 is 0. The fourth-order valence-electron chi connectivity index (χ4n) is 3.55. The number of rotatable bonds is 7. The minimum atomic E-state index is 0.678. The second-order valence-electron chi connectivity index (χ2n) is 7.68. The SMILES string of the molecule is CN(C)c1ccc(Nc2cc(-c3ccccc3)nc(C3=CN([B]C=O)CCC3)n2)cc1. The van der Waals surface area contributed by atoms with Gasteiger partial charge in [-0.1, -0.05) is 30.3 Å². The van der Waals surface area contributed by atoms with E-state index in [2.05, 4.69) is 22.3 Å². The van der Waals surface area contributed by atoms with Gasteiger partial charge in [0.15, 0.2) is 5.82 Å². The molecule has 1 N–H and O–H groups in total. The number of hydrogen-bond acceptors (Lipinski definition) is 6. The molecule has 0 amide bonds. The highest BCUT2D eigenvalue weighted by atomic mass is 16.1. The van der Waals surface area contributed by atoms with Crippen LogP contribution in [0, 0.1) is 0 Å². The molecule has 0 atom stereocenters. The maximum Gasteiger partial charge on any atom is 0.328 e. The maximum atomic E-state index is 10.9. The van der Waals surface area contributed by atoms with Crippen molar-refractivity contribution in [3.63, 3.8) is 0 Å². The van der Waals surface area contributed by atoms with Gasteiger partial charge in [0.25, 0.3) is 0 Å². The van der Waals surface area contributed by atoms with Crippen LogP contribution in [-0.4, -0.2) is 49.0 Å². The number of nitrogens with zero attached hydrogens (tertiary/aromatic N) is 4. The van der Waals surface area contributed by atoms with Gasteiger partial charge in [0.1, 0.15) is 12.0 Å². The van der Waals surface area contributed by atoms with Crippen LogP contribution in [0.5, 0.6) is 0 Å². The van der Waals surface area contributed by atoms with Crippen molar-refractivity contribution in [2.45, 2.75) is 12.8 Å².